The van der Waals surface area contributed by atoms with Crippen molar-refractivity contribution in [2.45, 2.75) is 19.4 Å². The Hall–Kier alpha value is -2.41. The summed E-state index contributed by atoms with van der Waals surface area (Å²) in [6, 6.07) is 6.90. The first-order valence-corrected chi connectivity index (χ1v) is 5.97. The maximum Gasteiger partial charge on any atom is 0.332 e. The summed E-state index contributed by atoms with van der Waals surface area (Å²) < 4.78 is 0. The number of nitrogens with one attached hydrogen (secondary N) is 2. The molecule has 0 fully saturated rings. The van der Waals surface area contributed by atoms with E-state index in [2.05, 4.69) is 10.6 Å². The molecule has 0 spiro atoms. The van der Waals surface area contributed by atoms with E-state index in [-0.39, 0.29) is 13.0 Å². The molecular formula is C13H16N2O5. The lowest BCUT2D eigenvalue weighted by Crippen LogP contribution is -2.37. The molecule has 0 unspecified atom stereocenters. The lowest BCUT2D eigenvalue weighted by molar-refractivity contribution is -0.147. The van der Waals surface area contributed by atoms with Gasteiger partial charge in [-0.1, -0.05) is 17.7 Å². The van der Waals surface area contributed by atoms with Crippen molar-refractivity contribution in [2.75, 3.05) is 11.9 Å². The molecule has 0 bridgehead atoms. The number of carboxylic acids is 1. The van der Waals surface area contributed by atoms with Gasteiger partial charge >= 0.3 is 17.8 Å². The van der Waals surface area contributed by atoms with E-state index in [1.807, 2.05) is 6.92 Å². The second-order valence-electron chi connectivity index (χ2n) is 4.22. The number of hydrogen-bond donors (Lipinski definition) is 4. The maximum absolute atomic E-state index is 11.5. The van der Waals surface area contributed by atoms with Crippen molar-refractivity contribution in [1.29, 1.82) is 0 Å². The highest BCUT2D eigenvalue weighted by atomic mass is 16.4. The van der Waals surface area contributed by atoms with Crippen LogP contribution in [0.5, 0.6) is 0 Å². The molecule has 0 aliphatic rings. The van der Waals surface area contributed by atoms with Crippen LogP contribution in [0.4, 0.5) is 5.69 Å². The molecule has 1 aromatic rings. The summed E-state index contributed by atoms with van der Waals surface area (Å²) in [5.74, 6) is -3.11. The Balaban J connectivity index is 2.38. The summed E-state index contributed by atoms with van der Waals surface area (Å²) in [6.45, 7) is 1.79. The Labute approximate surface area is 115 Å². The van der Waals surface area contributed by atoms with E-state index in [0.29, 0.717) is 5.69 Å². The van der Waals surface area contributed by atoms with Crippen LogP contribution in [0.15, 0.2) is 24.3 Å². The number of amides is 2. The highest BCUT2D eigenvalue weighted by molar-refractivity contribution is 6.39. The molecular weight excluding hydrogens is 264 g/mol. The summed E-state index contributed by atoms with van der Waals surface area (Å²) >= 11 is 0. The smallest absolute Gasteiger partial charge is 0.332 e. The van der Waals surface area contributed by atoms with E-state index in [9.17, 15) is 14.4 Å². The Morgan fingerprint density at radius 3 is 2.30 bits per heavy atom. The van der Waals surface area contributed by atoms with Crippen LogP contribution in [0.3, 0.4) is 0 Å². The quantitative estimate of drug-likeness (QED) is 0.561. The first kappa shape index (κ1) is 15.6. The van der Waals surface area contributed by atoms with Gasteiger partial charge in [0.15, 0.2) is 6.10 Å². The van der Waals surface area contributed by atoms with Crippen molar-refractivity contribution in [2.24, 2.45) is 0 Å². The van der Waals surface area contributed by atoms with E-state index < -0.39 is 23.9 Å². The Bertz CT molecular complexity index is 498. The fraction of sp³-hybridized carbons (Fsp3) is 0.308. The third kappa shape index (κ3) is 5.07. The lowest BCUT2D eigenvalue weighted by atomic mass is 10.2. The SMILES string of the molecule is Cc1ccc(NC(=O)C(=O)NCC[C@H](O)C(=O)O)cc1. The normalized spacial score (nSPS) is 11.5. The highest BCUT2D eigenvalue weighted by Gasteiger charge is 2.16. The van der Waals surface area contributed by atoms with Gasteiger partial charge in [0.1, 0.15) is 0 Å². The predicted molar refractivity (Wildman–Crippen MR) is 71.1 cm³/mol. The molecule has 0 radical (unpaired) electrons. The first-order valence-electron chi connectivity index (χ1n) is 5.97. The molecule has 0 aromatic heterocycles. The monoisotopic (exact) mass is 280 g/mol. The number of hydrogen-bond acceptors (Lipinski definition) is 4. The molecule has 7 heteroatoms. The number of aliphatic hydroxyl groups excluding tert-OH is 1. The number of rotatable bonds is 5. The van der Waals surface area contributed by atoms with Crippen molar-refractivity contribution >= 4 is 23.5 Å². The third-order valence-electron chi connectivity index (χ3n) is 2.50. The van der Waals surface area contributed by atoms with Gasteiger partial charge < -0.3 is 20.8 Å². The highest BCUT2D eigenvalue weighted by Crippen LogP contribution is 2.08. The fourth-order valence-electron chi connectivity index (χ4n) is 1.35. The molecule has 108 valence electrons. The average molecular weight is 280 g/mol. The molecule has 1 rings (SSSR count). The van der Waals surface area contributed by atoms with Gasteiger partial charge in [-0.3, -0.25) is 9.59 Å². The van der Waals surface area contributed by atoms with Crippen LogP contribution >= 0.6 is 0 Å². The number of carboxylic acid groups (broad SMARTS) is 1. The Morgan fingerprint density at radius 2 is 1.75 bits per heavy atom. The molecule has 20 heavy (non-hydrogen) atoms. The van der Waals surface area contributed by atoms with Crippen LogP contribution in [-0.2, 0) is 14.4 Å². The molecule has 0 aliphatic carbocycles. The van der Waals surface area contributed by atoms with Crippen molar-refractivity contribution in [3.05, 3.63) is 29.8 Å². The minimum Gasteiger partial charge on any atom is -0.479 e. The van der Waals surface area contributed by atoms with Crippen LogP contribution in [0.25, 0.3) is 0 Å². The molecule has 0 saturated heterocycles. The second kappa shape index (κ2) is 7.25. The van der Waals surface area contributed by atoms with Crippen molar-refractivity contribution in [3.8, 4) is 0 Å². The number of aryl methyl sites for hydroxylation is 1. The van der Waals surface area contributed by atoms with Crippen LogP contribution in [0.1, 0.15) is 12.0 Å². The van der Waals surface area contributed by atoms with Crippen molar-refractivity contribution in [1.82, 2.24) is 5.32 Å². The van der Waals surface area contributed by atoms with Crippen LogP contribution in [-0.4, -0.2) is 40.6 Å². The Morgan fingerprint density at radius 1 is 1.15 bits per heavy atom. The number of anilines is 1. The van der Waals surface area contributed by atoms with E-state index >= 15 is 0 Å². The standard InChI is InChI=1S/C13H16N2O5/c1-8-2-4-9(5-3-8)15-12(18)11(17)14-7-6-10(16)13(19)20/h2-5,10,16H,6-7H2,1H3,(H,14,17)(H,15,18)(H,19,20)/t10-/m0/s1. The molecule has 2 amide bonds. The summed E-state index contributed by atoms with van der Waals surface area (Å²) in [5, 5.41) is 22.0. The molecule has 0 aliphatic heterocycles. The van der Waals surface area contributed by atoms with Gasteiger partial charge in [-0.2, -0.15) is 0 Å². The molecule has 4 N–H and O–H groups in total. The number of aliphatic carboxylic acids is 1. The van der Waals surface area contributed by atoms with Crippen molar-refractivity contribution < 1.29 is 24.6 Å². The zero-order valence-corrected chi connectivity index (χ0v) is 10.9. The minimum atomic E-state index is -1.56. The number of aliphatic hydroxyl groups is 1. The first-order chi connectivity index (χ1) is 9.40. The zero-order chi connectivity index (χ0) is 15.1. The largest absolute Gasteiger partial charge is 0.479 e. The molecule has 1 atom stereocenters. The molecule has 7 nitrogen and oxygen atoms in total. The average Bonchev–Trinajstić information content (AvgIpc) is 2.40. The van der Waals surface area contributed by atoms with Gasteiger partial charge in [0.2, 0.25) is 0 Å². The summed E-state index contributed by atoms with van der Waals surface area (Å²) in [4.78, 5) is 33.3. The van der Waals surface area contributed by atoms with Gasteiger partial charge in [0.25, 0.3) is 0 Å². The zero-order valence-electron chi connectivity index (χ0n) is 10.9. The third-order valence-corrected chi connectivity index (χ3v) is 2.50. The second-order valence-corrected chi connectivity index (χ2v) is 4.22. The minimum absolute atomic E-state index is 0.104. The topological polar surface area (TPSA) is 116 Å². The predicted octanol–water partition coefficient (Wildman–Crippen LogP) is -0.115. The van der Waals surface area contributed by atoms with E-state index in [4.69, 9.17) is 10.2 Å². The Kier molecular flexibility index (Phi) is 5.67. The lowest BCUT2D eigenvalue weighted by Gasteiger charge is -2.08. The summed E-state index contributed by atoms with van der Waals surface area (Å²) in [5.41, 5.74) is 1.51. The van der Waals surface area contributed by atoms with E-state index in [1.165, 1.54) is 0 Å². The summed E-state index contributed by atoms with van der Waals surface area (Å²) in [6.07, 6.45) is -1.73. The van der Waals surface area contributed by atoms with Gasteiger partial charge in [-0.15, -0.1) is 0 Å². The van der Waals surface area contributed by atoms with E-state index in [0.717, 1.165) is 5.56 Å². The van der Waals surface area contributed by atoms with Crippen molar-refractivity contribution in [3.63, 3.8) is 0 Å². The summed E-state index contributed by atoms with van der Waals surface area (Å²) in [7, 11) is 0. The van der Waals surface area contributed by atoms with E-state index in [1.54, 1.807) is 24.3 Å². The van der Waals surface area contributed by atoms with Crippen LogP contribution in [0, 0.1) is 6.92 Å². The number of carbonyl (C=O) groups excluding carboxylic acids is 2. The maximum atomic E-state index is 11.5. The van der Waals surface area contributed by atoms with Gasteiger partial charge in [-0.05, 0) is 19.1 Å². The fourth-order valence-corrected chi connectivity index (χ4v) is 1.35. The molecule has 0 saturated carbocycles. The van der Waals surface area contributed by atoms with Gasteiger partial charge in [0.05, 0.1) is 0 Å². The van der Waals surface area contributed by atoms with Crippen LogP contribution in [0.2, 0.25) is 0 Å². The van der Waals surface area contributed by atoms with Crippen LogP contribution < -0.4 is 10.6 Å². The number of benzene rings is 1. The van der Waals surface area contributed by atoms with Gasteiger partial charge in [-0.25, -0.2) is 4.79 Å². The van der Waals surface area contributed by atoms with Gasteiger partial charge in [0, 0.05) is 18.7 Å². The number of carbonyl (C=O) groups is 3. The molecule has 1 aromatic carbocycles. The molecule has 0 heterocycles.